The molecule has 1 saturated heterocycles. The van der Waals surface area contributed by atoms with E-state index in [-0.39, 0.29) is 12.0 Å². The second-order valence-electron chi connectivity index (χ2n) is 3.94. The molecule has 1 heterocycles. The normalized spacial score (nSPS) is 24.3. The van der Waals surface area contributed by atoms with Crippen molar-refractivity contribution >= 4 is 11.8 Å². The van der Waals surface area contributed by atoms with Crippen LogP contribution in [0, 0.1) is 23.0 Å². The topological polar surface area (TPSA) is 23.8 Å². The SMILES string of the molecule is N#CC1(Cc2c(F)cccc2F)CCCS1. The molecule has 0 spiro atoms. The van der Waals surface area contributed by atoms with Gasteiger partial charge in [-0.1, -0.05) is 6.07 Å². The molecule has 1 fully saturated rings. The number of hydrogen-bond donors (Lipinski definition) is 0. The van der Waals surface area contributed by atoms with Crippen LogP contribution < -0.4 is 0 Å². The Kier molecular flexibility index (Phi) is 3.15. The summed E-state index contributed by atoms with van der Waals surface area (Å²) >= 11 is 1.51. The van der Waals surface area contributed by atoms with Crippen molar-refractivity contribution in [1.29, 1.82) is 5.26 Å². The van der Waals surface area contributed by atoms with Crippen molar-refractivity contribution in [1.82, 2.24) is 0 Å². The standard InChI is InChI=1S/C12H11F2NS/c13-10-3-1-4-11(14)9(10)7-12(8-15)5-2-6-16-12/h1,3-4H,2,5-7H2. The van der Waals surface area contributed by atoms with Crippen LogP contribution >= 0.6 is 11.8 Å². The third kappa shape index (κ3) is 2.05. The zero-order valence-corrected chi connectivity index (χ0v) is 9.49. The molecular formula is C12H11F2NS. The van der Waals surface area contributed by atoms with Gasteiger partial charge < -0.3 is 0 Å². The summed E-state index contributed by atoms with van der Waals surface area (Å²) in [5.41, 5.74) is 0.0402. The Hall–Kier alpha value is -1.08. The Morgan fingerprint density at radius 2 is 2.06 bits per heavy atom. The van der Waals surface area contributed by atoms with E-state index < -0.39 is 16.4 Å². The molecular weight excluding hydrogens is 228 g/mol. The largest absolute Gasteiger partial charge is 0.207 e. The molecule has 1 unspecified atom stereocenters. The van der Waals surface area contributed by atoms with E-state index in [2.05, 4.69) is 6.07 Å². The Balaban J connectivity index is 2.30. The van der Waals surface area contributed by atoms with Gasteiger partial charge in [-0.25, -0.2) is 8.78 Å². The Labute approximate surface area is 97.5 Å². The average Bonchev–Trinajstić information content (AvgIpc) is 2.73. The molecule has 0 amide bonds. The van der Waals surface area contributed by atoms with E-state index in [1.807, 2.05) is 0 Å². The van der Waals surface area contributed by atoms with Gasteiger partial charge in [0.2, 0.25) is 0 Å². The van der Waals surface area contributed by atoms with E-state index in [0.29, 0.717) is 6.42 Å². The summed E-state index contributed by atoms with van der Waals surface area (Å²) in [6, 6.07) is 6.03. The van der Waals surface area contributed by atoms with Crippen LogP contribution in [0.25, 0.3) is 0 Å². The summed E-state index contributed by atoms with van der Waals surface area (Å²) in [5, 5.41) is 9.14. The summed E-state index contributed by atoms with van der Waals surface area (Å²) in [5.74, 6) is -0.215. The number of thioether (sulfide) groups is 1. The lowest BCUT2D eigenvalue weighted by Crippen LogP contribution is -2.23. The van der Waals surface area contributed by atoms with Crippen molar-refractivity contribution in [2.45, 2.75) is 24.0 Å². The van der Waals surface area contributed by atoms with Crippen molar-refractivity contribution in [3.8, 4) is 6.07 Å². The minimum absolute atomic E-state index is 0.0402. The zero-order valence-electron chi connectivity index (χ0n) is 8.67. The molecule has 1 nitrogen and oxygen atoms in total. The van der Waals surface area contributed by atoms with Crippen molar-refractivity contribution in [3.05, 3.63) is 35.4 Å². The maximum Gasteiger partial charge on any atom is 0.129 e. The number of rotatable bonds is 2. The van der Waals surface area contributed by atoms with Gasteiger partial charge in [0.25, 0.3) is 0 Å². The third-order valence-corrected chi connectivity index (χ3v) is 4.32. The molecule has 0 radical (unpaired) electrons. The molecule has 1 aliphatic heterocycles. The Morgan fingerprint density at radius 3 is 2.56 bits per heavy atom. The summed E-state index contributed by atoms with van der Waals surface area (Å²) < 4.78 is 26.3. The van der Waals surface area contributed by atoms with Gasteiger partial charge in [-0.05, 0) is 30.7 Å². The molecule has 0 N–H and O–H groups in total. The molecule has 1 atom stereocenters. The predicted octanol–water partition coefficient (Wildman–Crippen LogP) is 3.30. The molecule has 1 aromatic rings. The number of halogens is 2. The van der Waals surface area contributed by atoms with Crippen molar-refractivity contribution in [3.63, 3.8) is 0 Å². The smallest absolute Gasteiger partial charge is 0.129 e. The lowest BCUT2D eigenvalue weighted by Gasteiger charge is -2.19. The molecule has 0 bridgehead atoms. The van der Waals surface area contributed by atoms with Gasteiger partial charge >= 0.3 is 0 Å². The first kappa shape index (κ1) is 11.4. The molecule has 84 valence electrons. The molecule has 4 heteroatoms. The van der Waals surface area contributed by atoms with Gasteiger partial charge in [-0.3, -0.25) is 0 Å². The molecule has 1 aliphatic rings. The van der Waals surface area contributed by atoms with Crippen LogP contribution in [0.1, 0.15) is 18.4 Å². The van der Waals surface area contributed by atoms with Crippen LogP contribution in [0.15, 0.2) is 18.2 Å². The number of benzene rings is 1. The van der Waals surface area contributed by atoms with Gasteiger partial charge in [0.15, 0.2) is 0 Å². The highest BCUT2D eigenvalue weighted by Crippen LogP contribution is 2.40. The second-order valence-corrected chi connectivity index (χ2v) is 5.41. The fourth-order valence-electron chi connectivity index (χ4n) is 1.95. The molecule has 0 aliphatic carbocycles. The highest BCUT2D eigenvalue weighted by molar-refractivity contribution is 8.01. The number of nitriles is 1. The van der Waals surface area contributed by atoms with Crippen LogP contribution in [-0.4, -0.2) is 10.5 Å². The minimum atomic E-state index is -0.636. The second kappa shape index (κ2) is 4.42. The van der Waals surface area contributed by atoms with E-state index in [4.69, 9.17) is 5.26 Å². The third-order valence-electron chi connectivity index (χ3n) is 2.83. The molecule has 2 rings (SSSR count). The van der Waals surface area contributed by atoms with Gasteiger partial charge in [-0.2, -0.15) is 5.26 Å². The van der Waals surface area contributed by atoms with Crippen LogP contribution in [0.4, 0.5) is 8.78 Å². The van der Waals surface area contributed by atoms with Crippen molar-refractivity contribution < 1.29 is 8.78 Å². The average molecular weight is 239 g/mol. The maximum absolute atomic E-state index is 13.5. The minimum Gasteiger partial charge on any atom is -0.207 e. The fourth-order valence-corrected chi connectivity index (χ4v) is 3.23. The van der Waals surface area contributed by atoms with Crippen LogP contribution in [0.3, 0.4) is 0 Å². The van der Waals surface area contributed by atoms with Crippen molar-refractivity contribution in [2.24, 2.45) is 0 Å². The van der Waals surface area contributed by atoms with Crippen LogP contribution in [0.5, 0.6) is 0 Å². The Bertz CT molecular complexity index is 413. The fraction of sp³-hybridized carbons (Fsp3) is 0.417. The summed E-state index contributed by atoms with van der Waals surface area (Å²) in [7, 11) is 0. The maximum atomic E-state index is 13.5. The lowest BCUT2D eigenvalue weighted by molar-refractivity contribution is 0.537. The van der Waals surface area contributed by atoms with E-state index in [9.17, 15) is 8.78 Å². The van der Waals surface area contributed by atoms with E-state index in [1.165, 1.54) is 30.0 Å². The molecule has 0 saturated carbocycles. The van der Waals surface area contributed by atoms with Gasteiger partial charge in [-0.15, -0.1) is 11.8 Å². The predicted molar refractivity (Wildman–Crippen MR) is 60.1 cm³/mol. The molecule has 16 heavy (non-hydrogen) atoms. The molecule has 0 aromatic heterocycles. The first-order valence-corrected chi connectivity index (χ1v) is 6.13. The van der Waals surface area contributed by atoms with E-state index >= 15 is 0 Å². The monoisotopic (exact) mass is 239 g/mol. The van der Waals surface area contributed by atoms with E-state index in [1.54, 1.807) is 0 Å². The highest BCUT2D eigenvalue weighted by Gasteiger charge is 2.36. The molecule has 1 aromatic carbocycles. The van der Waals surface area contributed by atoms with Gasteiger partial charge in [0, 0.05) is 12.0 Å². The number of hydrogen-bond acceptors (Lipinski definition) is 2. The first-order chi connectivity index (χ1) is 7.67. The first-order valence-electron chi connectivity index (χ1n) is 5.15. The zero-order chi connectivity index (χ0) is 11.6. The van der Waals surface area contributed by atoms with Crippen LogP contribution in [0.2, 0.25) is 0 Å². The Morgan fingerprint density at radius 1 is 1.38 bits per heavy atom. The van der Waals surface area contributed by atoms with Crippen molar-refractivity contribution in [2.75, 3.05) is 5.75 Å². The summed E-state index contributed by atoms with van der Waals surface area (Å²) in [4.78, 5) is 0. The lowest BCUT2D eigenvalue weighted by atomic mass is 9.95. The summed E-state index contributed by atoms with van der Waals surface area (Å²) in [6.07, 6.45) is 1.81. The summed E-state index contributed by atoms with van der Waals surface area (Å²) in [6.45, 7) is 0. The highest BCUT2D eigenvalue weighted by atomic mass is 32.2. The van der Waals surface area contributed by atoms with Crippen LogP contribution in [-0.2, 0) is 6.42 Å². The van der Waals surface area contributed by atoms with Gasteiger partial charge in [0.05, 0.1) is 6.07 Å². The number of nitrogens with zero attached hydrogens (tertiary/aromatic N) is 1. The quantitative estimate of drug-likeness (QED) is 0.790. The van der Waals surface area contributed by atoms with Gasteiger partial charge in [0.1, 0.15) is 16.4 Å². The van der Waals surface area contributed by atoms with E-state index in [0.717, 1.165) is 12.2 Å².